The number of unbranched alkanes of at least 4 members (excludes halogenated alkanes) is 1. The van der Waals surface area contributed by atoms with Gasteiger partial charge < -0.3 is 9.13 Å². The fourth-order valence-corrected chi connectivity index (χ4v) is 5.80. The van der Waals surface area contributed by atoms with E-state index >= 15 is 0 Å². The molecule has 2 nitrogen and oxygen atoms in total. The SMILES string of the molecule is CCCC[Si](C)(N(C)C)N(CC)CC. The quantitative estimate of drug-likeness (QED) is 0.604. The second-order valence-electron chi connectivity index (χ2n) is 4.39. The number of hydrogen-bond acceptors (Lipinski definition) is 2. The first-order valence-corrected chi connectivity index (χ1v) is 8.55. The van der Waals surface area contributed by atoms with Gasteiger partial charge in [0, 0.05) is 0 Å². The highest BCUT2D eigenvalue weighted by atomic mass is 28.3. The molecule has 0 heterocycles. The van der Waals surface area contributed by atoms with E-state index in [1.54, 1.807) is 0 Å². The van der Waals surface area contributed by atoms with Crippen molar-refractivity contribution in [2.24, 2.45) is 0 Å². The number of hydrogen-bond donors (Lipinski definition) is 0. The Morgan fingerprint density at radius 1 is 1.00 bits per heavy atom. The average Bonchev–Trinajstić information content (AvgIpc) is 2.16. The van der Waals surface area contributed by atoms with Crippen LogP contribution in [0.4, 0.5) is 0 Å². The van der Waals surface area contributed by atoms with E-state index in [-0.39, 0.29) is 0 Å². The lowest BCUT2D eigenvalue weighted by molar-refractivity contribution is 0.397. The van der Waals surface area contributed by atoms with Gasteiger partial charge in [-0.1, -0.05) is 33.6 Å². The highest BCUT2D eigenvalue weighted by Gasteiger charge is 2.34. The molecule has 0 N–H and O–H groups in total. The summed E-state index contributed by atoms with van der Waals surface area (Å²) in [6.07, 6.45) is 2.69. The fraction of sp³-hybridized carbons (Fsp3) is 1.00. The molecule has 0 spiro atoms. The lowest BCUT2D eigenvalue weighted by atomic mass is 10.4. The van der Waals surface area contributed by atoms with Gasteiger partial charge in [-0.15, -0.1) is 0 Å². The van der Waals surface area contributed by atoms with Crippen molar-refractivity contribution in [1.82, 2.24) is 9.13 Å². The van der Waals surface area contributed by atoms with E-state index in [1.807, 2.05) is 0 Å². The summed E-state index contributed by atoms with van der Waals surface area (Å²) in [5.41, 5.74) is 0. The molecule has 0 saturated heterocycles. The fourth-order valence-electron chi connectivity index (χ4n) is 2.08. The smallest absolute Gasteiger partial charge is 0.203 e. The summed E-state index contributed by atoms with van der Waals surface area (Å²) in [7, 11) is 3.19. The molecule has 0 saturated carbocycles. The van der Waals surface area contributed by atoms with Crippen LogP contribution in [0.1, 0.15) is 33.6 Å². The van der Waals surface area contributed by atoms with Gasteiger partial charge in [-0.05, 0) is 39.8 Å². The van der Waals surface area contributed by atoms with E-state index < -0.39 is 8.40 Å². The molecule has 1 atom stereocenters. The van der Waals surface area contributed by atoms with Gasteiger partial charge in [0.25, 0.3) is 0 Å². The zero-order valence-electron chi connectivity index (χ0n) is 10.9. The Morgan fingerprint density at radius 3 is 1.79 bits per heavy atom. The van der Waals surface area contributed by atoms with Gasteiger partial charge in [-0.2, -0.15) is 0 Å². The highest BCUT2D eigenvalue weighted by Crippen LogP contribution is 2.20. The summed E-state index contributed by atoms with van der Waals surface area (Å²) in [4.78, 5) is 0. The Kier molecular flexibility index (Phi) is 6.65. The van der Waals surface area contributed by atoms with Crippen LogP contribution in [0.5, 0.6) is 0 Å². The maximum atomic E-state index is 2.68. The zero-order valence-corrected chi connectivity index (χ0v) is 11.9. The van der Waals surface area contributed by atoms with Crippen molar-refractivity contribution >= 4 is 8.40 Å². The number of nitrogens with zero attached hydrogens (tertiary/aromatic N) is 2. The first kappa shape index (κ1) is 14.1. The van der Waals surface area contributed by atoms with Gasteiger partial charge in [0.1, 0.15) is 0 Å². The first-order valence-electron chi connectivity index (χ1n) is 5.95. The van der Waals surface area contributed by atoms with Gasteiger partial charge in [0.05, 0.1) is 0 Å². The van der Waals surface area contributed by atoms with Crippen LogP contribution in [0, 0.1) is 0 Å². The third kappa shape index (κ3) is 3.37. The maximum Gasteiger partial charge on any atom is 0.203 e. The summed E-state index contributed by atoms with van der Waals surface area (Å²) < 4.78 is 5.18. The molecule has 0 rings (SSSR count). The minimum atomic E-state index is -1.31. The Labute approximate surface area is 91.4 Å². The molecule has 0 aliphatic rings. The molecule has 0 aliphatic heterocycles. The third-order valence-electron chi connectivity index (χ3n) is 3.41. The molecule has 0 aromatic carbocycles. The van der Waals surface area contributed by atoms with Crippen molar-refractivity contribution in [3.63, 3.8) is 0 Å². The molecule has 14 heavy (non-hydrogen) atoms. The normalized spacial score (nSPS) is 16.3. The maximum absolute atomic E-state index is 2.68. The van der Waals surface area contributed by atoms with Crippen molar-refractivity contribution < 1.29 is 0 Å². The second kappa shape index (κ2) is 6.59. The number of rotatable bonds is 7. The van der Waals surface area contributed by atoms with Crippen LogP contribution >= 0.6 is 0 Å². The van der Waals surface area contributed by atoms with E-state index in [0.717, 1.165) is 0 Å². The van der Waals surface area contributed by atoms with Crippen LogP contribution in [-0.2, 0) is 0 Å². The molecule has 0 fully saturated rings. The molecular formula is C11H28N2Si. The van der Waals surface area contributed by atoms with Crippen molar-refractivity contribution in [3.05, 3.63) is 0 Å². The molecule has 1 unspecified atom stereocenters. The van der Waals surface area contributed by atoms with E-state index in [0.29, 0.717) is 0 Å². The minimum Gasteiger partial charge on any atom is -0.317 e. The predicted octanol–water partition coefficient (Wildman–Crippen LogP) is 2.76. The van der Waals surface area contributed by atoms with E-state index in [9.17, 15) is 0 Å². The Balaban J connectivity index is 4.50. The van der Waals surface area contributed by atoms with Crippen molar-refractivity contribution in [3.8, 4) is 0 Å². The molecular weight excluding hydrogens is 188 g/mol. The molecule has 0 amide bonds. The van der Waals surface area contributed by atoms with Crippen LogP contribution in [-0.4, -0.2) is 44.7 Å². The molecule has 0 aromatic rings. The van der Waals surface area contributed by atoms with E-state index in [2.05, 4.69) is 50.5 Å². The first-order chi connectivity index (χ1) is 6.52. The lowest BCUT2D eigenvalue weighted by Crippen LogP contribution is -2.60. The summed E-state index contributed by atoms with van der Waals surface area (Å²) in [6, 6.07) is 1.40. The van der Waals surface area contributed by atoms with Gasteiger partial charge >= 0.3 is 0 Å². The Morgan fingerprint density at radius 2 is 1.50 bits per heavy atom. The molecule has 3 heteroatoms. The van der Waals surface area contributed by atoms with Gasteiger partial charge in [0.15, 0.2) is 0 Å². The lowest BCUT2D eigenvalue weighted by Gasteiger charge is -2.43. The third-order valence-corrected chi connectivity index (χ3v) is 8.63. The Bertz CT molecular complexity index is 146. The standard InChI is InChI=1S/C11H28N2Si/c1-7-10-11-14(6,12(4)5)13(8-2)9-3/h7-11H2,1-6H3. The van der Waals surface area contributed by atoms with Gasteiger partial charge in [0.2, 0.25) is 8.40 Å². The summed E-state index contributed by atoms with van der Waals surface area (Å²) in [6.45, 7) is 11.7. The molecule has 0 aromatic heterocycles. The minimum absolute atomic E-state index is 1.20. The van der Waals surface area contributed by atoms with Crippen molar-refractivity contribution in [2.75, 3.05) is 27.2 Å². The van der Waals surface area contributed by atoms with Crippen LogP contribution < -0.4 is 0 Å². The Hall–Kier alpha value is 0.137. The largest absolute Gasteiger partial charge is 0.317 e. The monoisotopic (exact) mass is 216 g/mol. The van der Waals surface area contributed by atoms with Crippen molar-refractivity contribution in [1.29, 1.82) is 0 Å². The van der Waals surface area contributed by atoms with Gasteiger partial charge in [-0.3, -0.25) is 0 Å². The summed E-state index contributed by atoms with van der Waals surface area (Å²) in [5, 5.41) is 0. The predicted molar refractivity (Wildman–Crippen MR) is 67.9 cm³/mol. The summed E-state index contributed by atoms with van der Waals surface area (Å²) in [5.74, 6) is 0. The summed E-state index contributed by atoms with van der Waals surface area (Å²) >= 11 is 0. The van der Waals surface area contributed by atoms with Crippen LogP contribution in [0.15, 0.2) is 0 Å². The molecule has 86 valence electrons. The topological polar surface area (TPSA) is 6.48 Å². The average molecular weight is 216 g/mol. The highest BCUT2D eigenvalue weighted by molar-refractivity contribution is 6.73. The van der Waals surface area contributed by atoms with E-state index in [4.69, 9.17) is 0 Å². The van der Waals surface area contributed by atoms with Crippen LogP contribution in [0.25, 0.3) is 0 Å². The molecule has 0 bridgehead atoms. The van der Waals surface area contributed by atoms with Crippen LogP contribution in [0.3, 0.4) is 0 Å². The second-order valence-corrected chi connectivity index (χ2v) is 8.85. The van der Waals surface area contributed by atoms with Crippen molar-refractivity contribution in [2.45, 2.75) is 46.2 Å². The molecule has 0 radical (unpaired) electrons. The van der Waals surface area contributed by atoms with Gasteiger partial charge in [-0.25, -0.2) is 0 Å². The van der Waals surface area contributed by atoms with E-state index in [1.165, 1.54) is 32.0 Å². The zero-order chi connectivity index (χ0) is 11.2. The van der Waals surface area contributed by atoms with Crippen LogP contribution in [0.2, 0.25) is 12.6 Å². The molecule has 0 aliphatic carbocycles.